The van der Waals surface area contributed by atoms with Crippen molar-refractivity contribution in [2.45, 2.75) is 75.7 Å². The fourth-order valence-electron chi connectivity index (χ4n) is 6.98. The molecule has 0 unspecified atom stereocenters. The number of rotatable bonds is 2. The molecule has 0 aliphatic heterocycles. The van der Waals surface area contributed by atoms with Crippen LogP contribution in [0.25, 0.3) is 0 Å². The highest BCUT2D eigenvalue weighted by Crippen LogP contribution is 2.56. The molecule has 0 saturated carbocycles. The summed E-state index contributed by atoms with van der Waals surface area (Å²) in [4.78, 5) is 0. The summed E-state index contributed by atoms with van der Waals surface area (Å²) in [5.74, 6) is 2.21. The monoisotopic (exact) mass is 360 g/mol. The average molecular weight is 361 g/mol. The molecular formula is C27H36. The zero-order valence-corrected chi connectivity index (χ0v) is 19.0. The molecule has 0 saturated heterocycles. The summed E-state index contributed by atoms with van der Waals surface area (Å²) in [5, 5.41) is 0. The summed E-state index contributed by atoms with van der Waals surface area (Å²) in [6.45, 7) is 23.8. The van der Waals surface area contributed by atoms with Crippen LogP contribution in [-0.4, -0.2) is 0 Å². The lowest BCUT2D eigenvalue weighted by atomic mass is 9.58. The maximum absolute atomic E-state index is 2.41. The molecule has 6 aliphatic carbocycles. The van der Waals surface area contributed by atoms with Crippen molar-refractivity contribution in [1.29, 1.82) is 0 Å². The Kier molecular flexibility index (Phi) is 4.15. The van der Waals surface area contributed by atoms with E-state index < -0.39 is 0 Å². The van der Waals surface area contributed by atoms with Crippen molar-refractivity contribution < 1.29 is 0 Å². The van der Waals surface area contributed by atoms with E-state index in [0.29, 0.717) is 23.7 Å². The lowest BCUT2D eigenvalue weighted by Crippen LogP contribution is -2.33. The molecular weight excluding hydrogens is 324 g/mol. The van der Waals surface area contributed by atoms with Crippen LogP contribution in [0.5, 0.6) is 0 Å². The van der Waals surface area contributed by atoms with Crippen LogP contribution in [0.4, 0.5) is 0 Å². The molecule has 0 amide bonds. The number of hydrogen-bond donors (Lipinski definition) is 0. The van der Waals surface area contributed by atoms with Gasteiger partial charge in [-0.1, -0.05) is 66.9 Å². The van der Waals surface area contributed by atoms with Crippen molar-refractivity contribution in [2.24, 2.45) is 23.7 Å². The Balaban J connectivity index is 1.79. The molecule has 6 rings (SSSR count). The van der Waals surface area contributed by atoms with Crippen LogP contribution < -0.4 is 0 Å². The first-order valence-electron chi connectivity index (χ1n) is 10.7. The van der Waals surface area contributed by atoms with E-state index in [-0.39, 0.29) is 0 Å². The first kappa shape index (κ1) is 18.8. The molecule has 0 radical (unpaired) electrons. The Labute approximate surface area is 166 Å². The van der Waals surface area contributed by atoms with E-state index >= 15 is 0 Å². The summed E-state index contributed by atoms with van der Waals surface area (Å²) in [6.07, 6.45) is 1.17. The quantitative estimate of drug-likeness (QED) is 0.439. The molecule has 0 aromatic carbocycles. The summed E-state index contributed by atoms with van der Waals surface area (Å²) >= 11 is 0. The average Bonchev–Trinajstić information content (AvgIpc) is 2.60. The maximum atomic E-state index is 2.41. The third kappa shape index (κ3) is 2.22. The van der Waals surface area contributed by atoms with E-state index in [0.717, 1.165) is 0 Å². The second kappa shape index (κ2) is 5.97. The van der Waals surface area contributed by atoms with Gasteiger partial charge in [0.25, 0.3) is 0 Å². The SMILES string of the molecule is CC1=C(C)C2C(C)=C(C)C1C(C)=C2CC1=C(C)C2C(C)=C(C)C1C(C)=C2C. The topological polar surface area (TPSA) is 0 Å². The third-order valence-corrected chi connectivity index (χ3v) is 8.91. The van der Waals surface area contributed by atoms with Gasteiger partial charge in [-0.3, -0.25) is 0 Å². The van der Waals surface area contributed by atoms with Gasteiger partial charge in [0.15, 0.2) is 0 Å². The first-order valence-corrected chi connectivity index (χ1v) is 10.7. The fraction of sp³-hybridized carbons (Fsp3) is 0.556. The van der Waals surface area contributed by atoms with Crippen molar-refractivity contribution >= 4 is 0 Å². The smallest absolute Gasteiger partial charge is 0.0223 e. The lowest BCUT2D eigenvalue weighted by Gasteiger charge is -2.47. The summed E-state index contributed by atoms with van der Waals surface area (Å²) in [5.41, 5.74) is 19.6. The fourth-order valence-corrected chi connectivity index (χ4v) is 6.98. The summed E-state index contributed by atoms with van der Waals surface area (Å²) in [6, 6.07) is 0. The highest BCUT2D eigenvalue weighted by Gasteiger charge is 2.42. The molecule has 0 spiro atoms. The maximum Gasteiger partial charge on any atom is 0.0223 e. The van der Waals surface area contributed by atoms with Crippen LogP contribution in [-0.2, 0) is 0 Å². The highest BCUT2D eigenvalue weighted by molar-refractivity contribution is 5.59. The minimum absolute atomic E-state index is 0.548. The van der Waals surface area contributed by atoms with Gasteiger partial charge in [0.2, 0.25) is 0 Å². The Morgan fingerprint density at radius 2 is 0.556 bits per heavy atom. The molecule has 0 heterocycles. The van der Waals surface area contributed by atoms with E-state index in [1.807, 2.05) is 0 Å². The normalized spacial score (nSPS) is 33.6. The zero-order chi connectivity index (χ0) is 19.9. The van der Waals surface area contributed by atoms with Gasteiger partial charge in [-0.25, -0.2) is 0 Å². The van der Waals surface area contributed by atoms with E-state index in [2.05, 4.69) is 69.2 Å². The first-order chi connectivity index (χ1) is 12.6. The molecule has 0 atom stereocenters. The zero-order valence-electron chi connectivity index (χ0n) is 19.0. The van der Waals surface area contributed by atoms with Gasteiger partial charge >= 0.3 is 0 Å². The van der Waals surface area contributed by atoms with E-state index in [9.17, 15) is 0 Å². The Bertz CT molecular complexity index is 818. The van der Waals surface area contributed by atoms with E-state index in [4.69, 9.17) is 0 Å². The van der Waals surface area contributed by atoms with E-state index in [1.165, 1.54) is 6.42 Å². The predicted octanol–water partition coefficient (Wildman–Crippen LogP) is 7.87. The highest BCUT2D eigenvalue weighted by atomic mass is 14.5. The molecule has 0 aromatic heterocycles. The van der Waals surface area contributed by atoms with Crippen molar-refractivity contribution in [3.8, 4) is 0 Å². The molecule has 27 heavy (non-hydrogen) atoms. The van der Waals surface area contributed by atoms with Crippen LogP contribution in [0.3, 0.4) is 0 Å². The molecule has 0 N–H and O–H groups in total. The van der Waals surface area contributed by atoms with Crippen molar-refractivity contribution in [3.63, 3.8) is 0 Å². The third-order valence-electron chi connectivity index (χ3n) is 8.91. The van der Waals surface area contributed by atoms with Crippen LogP contribution in [0.15, 0.2) is 66.9 Å². The van der Waals surface area contributed by atoms with Crippen LogP contribution in [0.2, 0.25) is 0 Å². The van der Waals surface area contributed by atoms with Crippen molar-refractivity contribution in [3.05, 3.63) is 66.9 Å². The summed E-state index contributed by atoms with van der Waals surface area (Å²) < 4.78 is 0. The minimum Gasteiger partial charge on any atom is -0.0622 e. The van der Waals surface area contributed by atoms with E-state index in [1.54, 1.807) is 66.9 Å². The molecule has 0 aromatic rings. The van der Waals surface area contributed by atoms with Gasteiger partial charge in [0.1, 0.15) is 0 Å². The Hall–Kier alpha value is -1.56. The predicted molar refractivity (Wildman–Crippen MR) is 117 cm³/mol. The number of allylic oxidation sites excluding steroid dienone is 12. The van der Waals surface area contributed by atoms with Gasteiger partial charge in [0, 0.05) is 23.7 Å². The van der Waals surface area contributed by atoms with Crippen LogP contribution in [0, 0.1) is 23.7 Å². The van der Waals surface area contributed by atoms with Gasteiger partial charge in [-0.05, 0) is 75.7 Å². The molecule has 144 valence electrons. The lowest BCUT2D eigenvalue weighted by molar-refractivity contribution is 0.571. The van der Waals surface area contributed by atoms with Gasteiger partial charge in [-0.15, -0.1) is 0 Å². The molecule has 0 heteroatoms. The molecule has 0 fully saturated rings. The van der Waals surface area contributed by atoms with Crippen LogP contribution >= 0.6 is 0 Å². The van der Waals surface area contributed by atoms with Crippen molar-refractivity contribution in [1.82, 2.24) is 0 Å². The molecule has 4 bridgehead atoms. The van der Waals surface area contributed by atoms with Gasteiger partial charge in [-0.2, -0.15) is 0 Å². The van der Waals surface area contributed by atoms with Gasteiger partial charge < -0.3 is 0 Å². The number of hydrogen-bond acceptors (Lipinski definition) is 0. The second-order valence-electron chi connectivity index (χ2n) is 9.79. The Morgan fingerprint density at radius 1 is 0.333 bits per heavy atom. The minimum atomic E-state index is 0.548. The Morgan fingerprint density at radius 3 is 0.815 bits per heavy atom. The second-order valence-corrected chi connectivity index (χ2v) is 9.79. The standard InChI is InChI=1S/C27H36/c1-12-16(5)26-17(6)13(2)24(12)20(9)22(26)11-23-21(10)25-14(3)18(7)27(23)19(8)15(25)4/h24-27H,11H2,1-10H3. The van der Waals surface area contributed by atoms with Gasteiger partial charge in [0.05, 0.1) is 0 Å². The van der Waals surface area contributed by atoms with Crippen molar-refractivity contribution in [2.75, 3.05) is 0 Å². The molecule has 0 nitrogen and oxygen atoms in total. The largest absolute Gasteiger partial charge is 0.0622 e. The summed E-state index contributed by atoms with van der Waals surface area (Å²) in [7, 11) is 0. The van der Waals surface area contributed by atoms with Crippen LogP contribution in [0.1, 0.15) is 75.7 Å². The molecule has 6 aliphatic rings.